The number of allylic oxidation sites excluding steroid dienone is 1. The van der Waals surface area contributed by atoms with Gasteiger partial charge in [-0.3, -0.25) is 9.36 Å². The molecule has 1 N–H and O–H groups in total. The highest BCUT2D eigenvalue weighted by atomic mass is 35.5. The molecule has 0 bridgehead atoms. The molecule has 0 saturated heterocycles. The van der Waals surface area contributed by atoms with Crippen LogP contribution in [0.5, 0.6) is 17.2 Å². The molecule has 0 saturated carbocycles. The van der Waals surface area contributed by atoms with Crippen molar-refractivity contribution in [2.45, 2.75) is 32.7 Å². The number of halogens is 1. The van der Waals surface area contributed by atoms with Crippen molar-refractivity contribution >= 4 is 35.0 Å². The fourth-order valence-corrected chi connectivity index (χ4v) is 5.49. The maximum atomic E-state index is 13.9. The normalized spacial score (nSPS) is 15.3. The summed E-state index contributed by atoms with van der Waals surface area (Å²) in [6.45, 7) is 3.88. The van der Waals surface area contributed by atoms with Gasteiger partial charge in [0.2, 0.25) is 0 Å². The number of rotatable bonds is 8. The van der Waals surface area contributed by atoms with Gasteiger partial charge in [-0.25, -0.2) is 9.79 Å². The Morgan fingerprint density at radius 3 is 2.62 bits per heavy atom. The Morgan fingerprint density at radius 1 is 1.19 bits per heavy atom. The number of nitrogens with zero attached hydrogens (tertiary/aromatic N) is 2. The van der Waals surface area contributed by atoms with Crippen LogP contribution in [0.3, 0.4) is 0 Å². The molecule has 0 amide bonds. The highest BCUT2D eigenvalue weighted by Gasteiger charge is 2.36. The number of aromatic hydroxyl groups is 1. The molecule has 0 unspecified atom stereocenters. The molecule has 2 heterocycles. The van der Waals surface area contributed by atoms with Crippen LogP contribution >= 0.6 is 22.9 Å². The van der Waals surface area contributed by atoms with Crippen molar-refractivity contribution in [3.8, 4) is 17.2 Å². The molecule has 0 radical (unpaired) electrons. The Morgan fingerprint density at radius 2 is 1.95 bits per heavy atom. The molecule has 4 rings (SSSR count). The molecular formula is C27H27ClN2O6S. The Hall–Kier alpha value is -3.56. The lowest BCUT2D eigenvalue weighted by Gasteiger charge is -2.27. The quantitative estimate of drug-likeness (QED) is 0.433. The summed E-state index contributed by atoms with van der Waals surface area (Å²) in [6, 6.07) is 9.22. The number of hydrogen-bond acceptors (Lipinski definition) is 8. The van der Waals surface area contributed by atoms with Gasteiger partial charge in [-0.05, 0) is 43.7 Å². The van der Waals surface area contributed by atoms with Gasteiger partial charge >= 0.3 is 5.97 Å². The smallest absolute Gasteiger partial charge is 0.338 e. The van der Waals surface area contributed by atoms with E-state index in [1.807, 2.05) is 6.92 Å². The number of ether oxygens (including phenoxy) is 3. The lowest BCUT2D eigenvalue weighted by atomic mass is 9.93. The molecule has 0 fully saturated rings. The van der Waals surface area contributed by atoms with Crippen LogP contribution in [-0.2, 0) is 9.53 Å². The Balaban J connectivity index is 2.06. The van der Waals surface area contributed by atoms with Crippen molar-refractivity contribution < 1.29 is 24.1 Å². The average molecular weight is 543 g/mol. The summed E-state index contributed by atoms with van der Waals surface area (Å²) in [4.78, 5) is 32.3. The third kappa shape index (κ3) is 5.01. The zero-order chi connectivity index (χ0) is 26.7. The van der Waals surface area contributed by atoms with E-state index in [4.69, 9.17) is 30.8 Å². The maximum absolute atomic E-state index is 13.9. The van der Waals surface area contributed by atoms with E-state index in [0.29, 0.717) is 43.4 Å². The van der Waals surface area contributed by atoms with E-state index in [0.717, 1.165) is 6.42 Å². The number of phenols is 1. The Bertz CT molecular complexity index is 1560. The van der Waals surface area contributed by atoms with Gasteiger partial charge in [-0.2, -0.15) is 0 Å². The van der Waals surface area contributed by atoms with E-state index < -0.39 is 12.0 Å². The fourth-order valence-electron chi connectivity index (χ4n) is 4.30. The van der Waals surface area contributed by atoms with Gasteiger partial charge in [0.05, 0.1) is 36.6 Å². The van der Waals surface area contributed by atoms with Crippen molar-refractivity contribution in [1.82, 2.24) is 4.57 Å². The van der Waals surface area contributed by atoms with Crippen molar-refractivity contribution in [3.05, 3.63) is 83.5 Å². The molecule has 10 heteroatoms. The zero-order valence-electron chi connectivity index (χ0n) is 20.9. The monoisotopic (exact) mass is 542 g/mol. The minimum Gasteiger partial charge on any atom is -0.504 e. The van der Waals surface area contributed by atoms with Gasteiger partial charge in [0, 0.05) is 16.1 Å². The molecule has 1 aliphatic heterocycles. The number of aromatic nitrogens is 1. The standard InChI is InChI=1S/C27H27ClN2O6S/c1-5-8-18-22(26(33)36-6-2)23(17-14-16(28)11-12-19(17)34-3)30-25(32)21(37-27(30)29-18)13-15-9-7-10-20(35-4)24(15)31/h7,9-14,23,31H,5-6,8H2,1-4H3/b21-13+/t23-/m1/s1. The second-order valence-electron chi connectivity index (χ2n) is 8.20. The largest absolute Gasteiger partial charge is 0.504 e. The van der Waals surface area contributed by atoms with Crippen LogP contribution in [0.1, 0.15) is 43.9 Å². The maximum Gasteiger partial charge on any atom is 0.338 e. The highest BCUT2D eigenvalue weighted by molar-refractivity contribution is 7.07. The number of benzene rings is 2. The molecule has 194 valence electrons. The zero-order valence-corrected chi connectivity index (χ0v) is 22.5. The van der Waals surface area contributed by atoms with E-state index in [-0.39, 0.29) is 29.2 Å². The molecule has 1 aliphatic rings. The fraction of sp³-hybridized carbons (Fsp3) is 0.296. The van der Waals surface area contributed by atoms with Crippen LogP contribution in [0.15, 0.2) is 57.5 Å². The highest BCUT2D eigenvalue weighted by Crippen LogP contribution is 2.38. The van der Waals surface area contributed by atoms with Crippen LogP contribution in [0, 0.1) is 0 Å². The number of carbonyl (C=O) groups is 1. The summed E-state index contributed by atoms with van der Waals surface area (Å²) < 4.78 is 18.0. The molecule has 8 nitrogen and oxygen atoms in total. The van der Waals surface area contributed by atoms with Crippen LogP contribution in [0.25, 0.3) is 6.08 Å². The summed E-state index contributed by atoms with van der Waals surface area (Å²) in [5.41, 5.74) is 1.39. The first kappa shape index (κ1) is 26.5. The lowest BCUT2D eigenvalue weighted by molar-refractivity contribution is -0.139. The molecule has 37 heavy (non-hydrogen) atoms. The molecule has 3 aromatic rings. The Kier molecular flexibility index (Phi) is 8.04. The van der Waals surface area contributed by atoms with Crippen LogP contribution in [0.4, 0.5) is 0 Å². The number of thiazole rings is 1. The van der Waals surface area contributed by atoms with E-state index in [2.05, 4.69) is 0 Å². The Labute approximate surface area is 222 Å². The molecule has 0 aliphatic carbocycles. The second kappa shape index (κ2) is 11.2. The van der Waals surface area contributed by atoms with Gasteiger partial charge in [0.25, 0.3) is 5.56 Å². The predicted molar refractivity (Wildman–Crippen MR) is 142 cm³/mol. The first-order valence-electron chi connectivity index (χ1n) is 11.8. The van der Waals surface area contributed by atoms with Gasteiger partial charge in [0.1, 0.15) is 11.8 Å². The van der Waals surface area contributed by atoms with Crippen molar-refractivity contribution in [2.75, 3.05) is 20.8 Å². The topological polar surface area (TPSA) is 99.4 Å². The van der Waals surface area contributed by atoms with E-state index in [9.17, 15) is 14.7 Å². The van der Waals surface area contributed by atoms with Crippen LogP contribution in [0.2, 0.25) is 5.02 Å². The number of para-hydroxylation sites is 1. The number of phenolic OH excluding ortho intramolecular Hbond substituents is 1. The van der Waals surface area contributed by atoms with E-state index in [1.165, 1.54) is 30.1 Å². The summed E-state index contributed by atoms with van der Waals surface area (Å²) in [5, 5.41) is 11.0. The van der Waals surface area contributed by atoms with Gasteiger partial charge < -0.3 is 19.3 Å². The summed E-state index contributed by atoms with van der Waals surface area (Å²) in [7, 11) is 2.97. The summed E-state index contributed by atoms with van der Waals surface area (Å²) >= 11 is 7.53. The first-order valence-corrected chi connectivity index (χ1v) is 12.9. The van der Waals surface area contributed by atoms with Crippen LogP contribution in [-0.4, -0.2) is 36.5 Å². The van der Waals surface area contributed by atoms with E-state index in [1.54, 1.807) is 49.4 Å². The third-order valence-corrected chi connectivity index (χ3v) is 7.13. The molecule has 1 aromatic heterocycles. The molecule has 2 aromatic carbocycles. The number of fused-ring (bicyclic) bond motifs is 1. The average Bonchev–Trinajstić information content (AvgIpc) is 3.19. The summed E-state index contributed by atoms with van der Waals surface area (Å²) in [6.07, 6.45) is 2.82. The number of methoxy groups -OCH3 is 2. The molecule has 1 atom stereocenters. The number of hydrogen-bond donors (Lipinski definition) is 1. The van der Waals surface area contributed by atoms with Crippen molar-refractivity contribution in [2.24, 2.45) is 4.99 Å². The third-order valence-electron chi connectivity index (χ3n) is 5.92. The van der Waals surface area contributed by atoms with E-state index >= 15 is 0 Å². The number of esters is 1. The molecule has 0 spiro atoms. The van der Waals surface area contributed by atoms with Gasteiger partial charge in [-0.1, -0.05) is 48.4 Å². The van der Waals surface area contributed by atoms with Crippen molar-refractivity contribution in [3.63, 3.8) is 0 Å². The minimum atomic E-state index is -0.869. The lowest BCUT2D eigenvalue weighted by Crippen LogP contribution is -2.40. The van der Waals surface area contributed by atoms with Crippen molar-refractivity contribution in [1.29, 1.82) is 0 Å². The summed E-state index contributed by atoms with van der Waals surface area (Å²) in [5.74, 6) is 0.121. The minimum absolute atomic E-state index is 0.0808. The number of carbonyl (C=O) groups excluding carboxylic acids is 1. The predicted octanol–water partition coefficient (Wildman–Crippen LogP) is 3.95. The van der Waals surface area contributed by atoms with Gasteiger partial charge in [0.15, 0.2) is 16.3 Å². The molecular weight excluding hydrogens is 516 g/mol. The first-order chi connectivity index (χ1) is 17.8. The van der Waals surface area contributed by atoms with Gasteiger partial charge in [-0.15, -0.1) is 0 Å². The second-order valence-corrected chi connectivity index (χ2v) is 9.64. The van der Waals surface area contributed by atoms with Crippen LogP contribution < -0.4 is 24.4 Å². The SMILES string of the molecule is CCCC1=C(C(=O)OCC)[C@@H](c2cc(Cl)ccc2OC)n2c(s/c(=C/c3cccc(OC)c3O)c2=O)=N1.